The average Bonchev–Trinajstić information content (AvgIpc) is 2.09. The smallest absolute Gasteiger partial charge is 0.0485 e. The first-order valence-corrected chi connectivity index (χ1v) is 5.18. The van der Waals surface area contributed by atoms with E-state index in [0.717, 1.165) is 32.5 Å². The molecule has 0 bridgehead atoms. The van der Waals surface area contributed by atoms with Crippen LogP contribution < -0.4 is 0 Å². The highest BCUT2D eigenvalue weighted by Gasteiger charge is 2.29. The fourth-order valence-corrected chi connectivity index (χ4v) is 1.86. The molecule has 0 saturated carbocycles. The quantitative estimate of drug-likeness (QED) is 0.721. The summed E-state index contributed by atoms with van der Waals surface area (Å²) in [5.74, 6) is 1.48. The summed E-state index contributed by atoms with van der Waals surface area (Å²) in [6.07, 6.45) is 2.27. The van der Waals surface area contributed by atoms with Crippen molar-refractivity contribution in [1.82, 2.24) is 4.90 Å². The number of rotatable bonds is 3. The molecule has 0 aliphatic carbocycles. The highest BCUT2D eigenvalue weighted by atomic mass is 16.3. The molecule has 0 amide bonds. The van der Waals surface area contributed by atoms with Crippen LogP contribution in [0.1, 0.15) is 33.6 Å². The number of piperidine rings is 1. The number of hydrogen-bond acceptors (Lipinski definition) is 2. The van der Waals surface area contributed by atoms with Gasteiger partial charge in [-0.05, 0) is 37.3 Å². The van der Waals surface area contributed by atoms with Crippen LogP contribution in [0.4, 0.5) is 0 Å². The zero-order chi connectivity index (χ0) is 9.90. The van der Waals surface area contributed by atoms with E-state index in [1.54, 1.807) is 0 Å². The lowest BCUT2D eigenvalue weighted by Gasteiger charge is -2.38. The van der Waals surface area contributed by atoms with Gasteiger partial charge in [0.25, 0.3) is 0 Å². The molecular formula is C11H22NO. The summed E-state index contributed by atoms with van der Waals surface area (Å²) in [6, 6.07) is 0. The van der Waals surface area contributed by atoms with Crippen molar-refractivity contribution in [3.63, 3.8) is 0 Å². The molecule has 0 unspecified atom stereocenters. The van der Waals surface area contributed by atoms with E-state index in [4.69, 9.17) is 0 Å². The Bertz CT molecular complexity index is 148. The summed E-state index contributed by atoms with van der Waals surface area (Å²) in [5.41, 5.74) is 0.193. The standard InChI is InChI=1S/C11H22NO/c1-10(2)8-12-6-4-11(3,9-13)5-7-12/h13H,4-9H2,1-3H3. The number of aliphatic hydroxyl groups excluding tert-OH is 1. The maximum absolute atomic E-state index is 9.19. The van der Waals surface area contributed by atoms with Crippen LogP contribution in [0.5, 0.6) is 0 Å². The minimum atomic E-state index is 0.193. The van der Waals surface area contributed by atoms with Crippen molar-refractivity contribution in [3.8, 4) is 0 Å². The van der Waals surface area contributed by atoms with Crippen LogP contribution in [0.3, 0.4) is 0 Å². The third-order valence-corrected chi connectivity index (χ3v) is 2.98. The molecule has 1 heterocycles. The van der Waals surface area contributed by atoms with Gasteiger partial charge in [0.1, 0.15) is 0 Å². The molecule has 1 rings (SSSR count). The van der Waals surface area contributed by atoms with E-state index < -0.39 is 0 Å². The Morgan fingerprint density at radius 3 is 2.23 bits per heavy atom. The van der Waals surface area contributed by atoms with Gasteiger partial charge in [0.15, 0.2) is 0 Å². The Kier molecular flexibility index (Phi) is 3.74. The van der Waals surface area contributed by atoms with Gasteiger partial charge in [-0.25, -0.2) is 0 Å². The van der Waals surface area contributed by atoms with Crippen LogP contribution in [0.2, 0.25) is 0 Å². The third kappa shape index (κ3) is 3.28. The van der Waals surface area contributed by atoms with Crippen molar-refractivity contribution >= 4 is 0 Å². The summed E-state index contributed by atoms with van der Waals surface area (Å²) in [4.78, 5) is 2.48. The van der Waals surface area contributed by atoms with Crippen LogP contribution in [0.25, 0.3) is 0 Å². The first kappa shape index (κ1) is 11.0. The summed E-state index contributed by atoms with van der Waals surface area (Å²) in [7, 11) is 0. The molecule has 0 aromatic rings. The van der Waals surface area contributed by atoms with E-state index >= 15 is 0 Å². The van der Waals surface area contributed by atoms with Gasteiger partial charge in [-0.1, -0.05) is 20.8 Å². The van der Waals surface area contributed by atoms with Gasteiger partial charge < -0.3 is 10.0 Å². The molecular weight excluding hydrogens is 162 g/mol. The zero-order valence-corrected chi connectivity index (χ0v) is 9.14. The number of hydrogen-bond donors (Lipinski definition) is 1. The molecule has 0 aromatic carbocycles. The third-order valence-electron chi connectivity index (χ3n) is 2.98. The van der Waals surface area contributed by atoms with E-state index in [2.05, 4.69) is 25.7 Å². The predicted octanol–water partition coefficient (Wildman–Crippen LogP) is 1.70. The summed E-state index contributed by atoms with van der Waals surface area (Å²) >= 11 is 0. The molecule has 2 nitrogen and oxygen atoms in total. The Labute approximate surface area is 81.9 Å². The molecule has 1 aliphatic rings. The maximum atomic E-state index is 9.19. The lowest BCUT2D eigenvalue weighted by atomic mass is 9.81. The van der Waals surface area contributed by atoms with Gasteiger partial charge in [0, 0.05) is 13.2 Å². The average molecular weight is 184 g/mol. The van der Waals surface area contributed by atoms with E-state index in [1.165, 1.54) is 5.92 Å². The fourth-order valence-electron chi connectivity index (χ4n) is 1.86. The van der Waals surface area contributed by atoms with Crippen LogP contribution in [-0.4, -0.2) is 36.2 Å². The normalized spacial score (nSPS) is 23.8. The molecule has 1 N–H and O–H groups in total. The van der Waals surface area contributed by atoms with Crippen molar-refractivity contribution < 1.29 is 5.11 Å². The van der Waals surface area contributed by atoms with Gasteiger partial charge in [-0.15, -0.1) is 0 Å². The minimum absolute atomic E-state index is 0.193. The largest absolute Gasteiger partial charge is 0.396 e. The second kappa shape index (κ2) is 4.43. The van der Waals surface area contributed by atoms with Crippen LogP contribution in [0.15, 0.2) is 0 Å². The van der Waals surface area contributed by atoms with E-state index in [1.807, 2.05) is 0 Å². The van der Waals surface area contributed by atoms with Gasteiger partial charge in [-0.2, -0.15) is 0 Å². The van der Waals surface area contributed by atoms with E-state index in [-0.39, 0.29) is 5.41 Å². The Morgan fingerprint density at radius 2 is 1.85 bits per heavy atom. The monoisotopic (exact) mass is 184 g/mol. The molecule has 1 saturated heterocycles. The number of likely N-dealkylation sites (tertiary alicyclic amines) is 1. The van der Waals surface area contributed by atoms with Gasteiger partial charge >= 0.3 is 0 Å². The molecule has 0 atom stereocenters. The summed E-state index contributed by atoms with van der Waals surface area (Å²) in [6.45, 7) is 10.3. The highest BCUT2D eigenvalue weighted by Crippen LogP contribution is 2.30. The molecule has 13 heavy (non-hydrogen) atoms. The summed E-state index contributed by atoms with van der Waals surface area (Å²) < 4.78 is 0. The second-order valence-electron chi connectivity index (χ2n) is 4.95. The van der Waals surface area contributed by atoms with Gasteiger partial charge in [0.05, 0.1) is 0 Å². The van der Waals surface area contributed by atoms with Crippen molar-refractivity contribution in [2.45, 2.75) is 33.6 Å². The number of nitrogens with zero attached hydrogens (tertiary/aromatic N) is 1. The van der Waals surface area contributed by atoms with E-state index in [0.29, 0.717) is 6.61 Å². The van der Waals surface area contributed by atoms with Crippen molar-refractivity contribution in [2.24, 2.45) is 5.41 Å². The van der Waals surface area contributed by atoms with Gasteiger partial charge in [-0.3, -0.25) is 0 Å². The highest BCUT2D eigenvalue weighted by molar-refractivity contribution is 4.87. The molecule has 0 spiro atoms. The van der Waals surface area contributed by atoms with Crippen molar-refractivity contribution in [1.29, 1.82) is 0 Å². The Balaban J connectivity index is 2.30. The molecule has 2 heteroatoms. The van der Waals surface area contributed by atoms with Gasteiger partial charge in [0.2, 0.25) is 0 Å². The SMILES string of the molecule is C[C](C)CN1CCC(C)(CO)CC1. The van der Waals surface area contributed by atoms with Crippen LogP contribution in [-0.2, 0) is 0 Å². The fraction of sp³-hybridized carbons (Fsp3) is 0.909. The summed E-state index contributed by atoms with van der Waals surface area (Å²) in [5, 5.41) is 9.19. The first-order valence-electron chi connectivity index (χ1n) is 5.18. The zero-order valence-electron chi connectivity index (χ0n) is 9.14. The Morgan fingerprint density at radius 1 is 1.31 bits per heavy atom. The second-order valence-corrected chi connectivity index (χ2v) is 4.95. The predicted molar refractivity (Wildman–Crippen MR) is 55.5 cm³/mol. The lowest BCUT2D eigenvalue weighted by molar-refractivity contribution is 0.0606. The van der Waals surface area contributed by atoms with Crippen molar-refractivity contribution in [3.05, 3.63) is 5.92 Å². The maximum Gasteiger partial charge on any atom is 0.0485 e. The first-order chi connectivity index (χ1) is 6.06. The molecule has 1 radical (unpaired) electrons. The lowest BCUT2D eigenvalue weighted by Crippen LogP contribution is -2.41. The molecule has 0 aromatic heterocycles. The topological polar surface area (TPSA) is 23.5 Å². The van der Waals surface area contributed by atoms with Crippen LogP contribution >= 0.6 is 0 Å². The van der Waals surface area contributed by atoms with Crippen LogP contribution in [0, 0.1) is 11.3 Å². The molecule has 77 valence electrons. The number of aliphatic hydroxyl groups is 1. The minimum Gasteiger partial charge on any atom is -0.396 e. The van der Waals surface area contributed by atoms with E-state index in [9.17, 15) is 5.11 Å². The van der Waals surface area contributed by atoms with Crippen molar-refractivity contribution in [2.75, 3.05) is 26.2 Å². The molecule has 1 aliphatic heterocycles. The Hall–Kier alpha value is -0.0800. The molecule has 1 fully saturated rings.